The number of ether oxygens (including phenoxy) is 1. The molecule has 0 amide bonds. The van der Waals surface area contributed by atoms with Crippen LogP contribution in [0.25, 0.3) is 0 Å². The predicted molar refractivity (Wildman–Crippen MR) is 60.6 cm³/mol. The molecule has 0 unspecified atom stereocenters. The average molecular weight is 213 g/mol. The fourth-order valence-electron chi connectivity index (χ4n) is 2.10. The molecule has 3 nitrogen and oxygen atoms in total. The number of methoxy groups -OCH3 is 1. The van der Waals surface area contributed by atoms with Gasteiger partial charge in [-0.15, -0.1) is 0 Å². The molecule has 1 fully saturated rings. The smallest absolute Gasteiger partial charge is 0.308 e. The Morgan fingerprint density at radius 2 is 1.93 bits per heavy atom. The zero-order chi connectivity index (χ0) is 11.3. The molecule has 0 bridgehead atoms. The summed E-state index contributed by atoms with van der Waals surface area (Å²) in [6.45, 7) is 5.51. The van der Waals surface area contributed by atoms with E-state index in [9.17, 15) is 4.79 Å². The maximum Gasteiger partial charge on any atom is 0.308 e. The van der Waals surface area contributed by atoms with E-state index in [1.54, 1.807) is 0 Å². The molecule has 0 aromatic carbocycles. The maximum atomic E-state index is 11.3. The standard InChI is InChI=1S/C12H23NO2/c1-9(2)8-13-11-6-4-10(5-7-11)12(14)15-3/h9-11,13H,4-8H2,1-3H3. The molecule has 3 heteroatoms. The second kappa shape index (κ2) is 6.11. The second-order valence-corrected chi connectivity index (χ2v) is 4.87. The summed E-state index contributed by atoms with van der Waals surface area (Å²) < 4.78 is 4.76. The molecule has 0 aromatic rings. The van der Waals surface area contributed by atoms with Crippen LogP contribution in [-0.4, -0.2) is 25.7 Å². The Hall–Kier alpha value is -0.570. The van der Waals surface area contributed by atoms with Crippen LogP contribution in [0.4, 0.5) is 0 Å². The summed E-state index contributed by atoms with van der Waals surface area (Å²) in [4.78, 5) is 11.3. The Bertz CT molecular complexity index is 196. The van der Waals surface area contributed by atoms with Gasteiger partial charge in [0.05, 0.1) is 13.0 Å². The van der Waals surface area contributed by atoms with Gasteiger partial charge in [-0.25, -0.2) is 0 Å². The van der Waals surface area contributed by atoms with E-state index in [1.165, 1.54) is 7.11 Å². The number of carbonyl (C=O) groups is 1. The van der Waals surface area contributed by atoms with Crippen molar-refractivity contribution in [3.05, 3.63) is 0 Å². The number of hydrogen-bond acceptors (Lipinski definition) is 3. The lowest BCUT2D eigenvalue weighted by Crippen LogP contribution is -2.37. The van der Waals surface area contributed by atoms with Crippen LogP contribution in [0.5, 0.6) is 0 Å². The van der Waals surface area contributed by atoms with E-state index in [2.05, 4.69) is 19.2 Å². The molecule has 0 heterocycles. The van der Waals surface area contributed by atoms with Gasteiger partial charge in [-0.2, -0.15) is 0 Å². The van der Waals surface area contributed by atoms with Gasteiger partial charge in [0, 0.05) is 6.04 Å². The summed E-state index contributed by atoms with van der Waals surface area (Å²) in [5.74, 6) is 0.813. The molecule has 0 atom stereocenters. The van der Waals surface area contributed by atoms with Crippen molar-refractivity contribution >= 4 is 5.97 Å². The third-order valence-electron chi connectivity index (χ3n) is 3.08. The molecule has 1 N–H and O–H groups in total. The van der Waals surface area contributed by atoms with Crippen molar-refractivity contribution in [2.75, 3.05) is 13.7 Å². The summed E-state index contributed by atoms with van der Waals surface area (Å²) in [5.41, 5.74) is 0. The first-order valence-electron chi connectivity index (χ1n) is 5.94. The van der Waals surface area contributed by atoms with Gasteiger partial charge >= 0.3 is 5.97 Å². The fraction of sp³-hybridized carbons (Fsp3) is 0.917. The highest BCUT2D eigenvalue weighted by Gasteiger charge is 2.26. The molecule has 1 saturated carbocycles. The Labute approximate surface area is 92.6 Å². The van der Waals surface area contributed by atoms with Gasteiger partial charge in [0.1, 0.15) is 0 Å². The number of nitrogens with one attached hydrogen (secondary N) is 1. The van der Waals surface area contributed by atoms with Crippen molar-refractivity contribution in [3.8, 4) is 0 Å². The van der Waals surface area contributed by atoms with Gasteiger partial charge in [0.15, 0.2) is 0 Å². The number of carbonyl (C=O) groups excluding carboxylic acids is 1. The van der Waals surface area contributed by atoms with E-state index in [4.69, 9.17) is 4.74 Å². The maximum absolute atomic E-state index is 11.3. The molecule has 1 aliphatic rings. The zero-order valence-corrected chi connectivity index (χ0v) is 10.1. The zero-order valence-electron chi connectivity index (χ0n) is 10.1. The highest BCUT2D eigenvalue weighted by molar-refractivity contribution is 5.72. The van der Waals surface area contributed by atoms with Gasteiger partial charge in [-0.3, -0.25) is 4.79 Å². The van der Waals surface area contributed by atoms with Gasteiger partial charge in [0.2, 0.25) is 0 Å². The third-order valence-corrected chi connectivity index (χ3v) is 3.08. The number of rotatable bonds is 4. The van der Waals surface area contributed by atoms with E-state index in [-0.39, 0.29) is 11.9 Å². The van der Waals surface area contributed by atoms with Gasteiger partial charge in [-0.05, 0) is 38.1 Å². The number of hydrogen-bond donors (Lipinski definition) is 1. The van der Waals surface area contributed by atoms with Crippen LogP contribution in [0.15, 0.2) is 0 Å². The Balaban J connectivity index is 2.21. The number of esters is 1. The van der Waals surface area contributed by atoms with Crippen molar-refractivity contribution in [3.63, 3.8) is 0 Å². The summed E-state index contributed by atoms with van der Waals surface area (Å²) in [5, 5.41) is 3.55. The Morgan fingerprint density at radius 3 is 2.40 bits per heavy atom. The minimum Gasteiger partial charge on any atom is -0.469 e. The normalized spacial score (nSPS) is 26.7. The molecule has 0 spiro atoms. The molecular formula is C12H23NO2. The average Bonchev–Trinajstić information content (AvgIpc) is 2.26. The molecular weight excluding hydrogens is 190 g/mol. The van der Waals surface area contributed by atoms with E-state index < -0.39 is 0 Å². The van der Waals surface area contributed by atoms with Crippen LogP contribution in [0.2, 0.25) is 0 Å². The quantitative estimate of drug-likeness (QED) is 0.726. The lowest BCUT2D eigenvalue weighted by atomic mass is 9.86. The van der Waals surface area contributed by atoms with E-state index >= 15 is 0 Å². The fourth-order valence-corrected chi connectivity index (χ4v) is 2.10. The molecule has 0 aromatic heterocycles. The molecule has 0 aliphatic heterocycles. The van der Waals surface area contributed by atoms with E-state index in [0.717, 1.165) is 32.2 Å². The summed E-state index contributed by atoms with van der Waals surface area (Å²) >= 11 is 0. The monoisotopic (exact) mass is 213 g/mol. The minimum absolute atomic E-state index is 0.0303. The topological polar surface area (TPSA) is 38.3 Å². The van der Waals surface area contributed by atoms with Crippen LogP contribution in [0.3, 0.4) is 0 Å². The van der Waals surface area contributed by atoms with Gasteiger partial charge < -0.3 is 10.1 Å². The minimum atomic E-state index is -0.0303. The van der Waals surface area contributed by atoms with E-state index in [1.807, 2.05) is 0 Å². The highest BCUT2D eigenvalue weighted by atomic mass is 16.5. The predicted octanol–water partition coefficient (Wildman–Crippen LogP) is 1.96. The SMILES string of the molecule is COC(=O)C1CCC(NCC(C)C)CC1. The lowest BCUT2D eigenvalue weighted by molar-refractivity contribution is -0.146. The van der Waals surface area contributed by atoms with Crippen LogP contribution in [-0.2, 0) is 9.53 Å². The highest BCUT2D eigenvalue weighted by Crippen LogP contribution is 2.25. The van der Waals surface area contributed by atoms with Crippen molar-refractivity contribution in [2.24, 2.45) is 11.8 Å². The Kier molecular flexibility index (Phi) is 5.09. The van der Waals surface area contributed by atoms with Crippen LogP contribution in [0.1, 0.15) is 39.5 Å². The first kappa shape index (κ1) is 12.5. The van der Waals surface area contributed by atoms with Gasteiger partial charge in [-0.1, -0.05) is 13.8 Å². The van der Waals surface area contributed by atoms with Crippen molar-refractivity contribution in [1.29, 1.82) is 0 Å². The van der Waals surface area contributed by atoms with Crippen LogP contribution in [0, 0.1) is 11.8 Å². The molecule has 15 heavy (non-hydrogen) atoms. The first-order chi connectivity index (χ1) is 7.13. The molecule has 88 valence electrons. The van der Waals surface area contributed by atoms with Crippen molar-refractivity contribution in [2.45, 2.75) is 45.6 Å². The first-order valence-corrected chi connectivity index (χ1v) is 5.94. The van der Waals surface area contributed by atoms with Gasteiger partial charge in [0.25, 0.3) is 0 Å². The van der Waals surface area contributed by atoms with Crippen molar-refractivity contribution < 1.29 is 9.53 Å². The van der Waals surface area contributed by atoms with Crippen molar-refractivity contribution in [1.82, 2.24) is 5.32 Å². The summed E-state index contributed by atoms with van der Waals surface area (Å²) in [7, 11) is 1.48. The lowest BCUT2D eigenvalue weighted by Gasteiger charge is -2.28. The summed E-state index contributed by atoms with van der Waals surface area (Å²) in [6.07, 6.45) is 4.16. The molecule has 1 rings (SSSR count). The van der Waals surface area contributed by atoms with E-state index in [0.29, 0.717) is 12.0 Å². The molecule has 1 aliphatic carbocycles. The second-order valence-electron chi connectivity index (χ2n) is 4.87. The largest absolute Gasteiger partial charge is 0.469 e. The Morgan fingerprint density at radius 1 is 1.33 bits per heavy atom. The van der Waals surface area contributed by atoms with Crippen LogP contribution < -0.4 is 5.32 Å². The summed E-state index contributed by atoms with van der Waals surface area (Å²) in [6, 6.07) is 0.605. The third kappa shape index (κ3) is 4.20. The molecule has 0 saturated heterocycles. The molecule has 0 radical (unpaired) electrons. The van der Waals surface area contributed by atoms with Crippen LogP contribution >= 0.6 is 0 Å².